The lowest BCUT2D eigenvalue weighted by Gasteiger charge is -2.20. The highest BCUT2D eigenvalue weighted by Crippen LogP contribution is 2.18. The second-order valence-electron chi connectivity index (χ2n) is 7.15. The fourth-order valence-electron chi connectivity index (χ4n) is 2.74. The number of ether oxygens (including phenoxy) is 1. The molecule has 0 saturated carbocycles. The van der Waals surface area contributed by atoms with Gasteiger partial charge in [0.1, 0.15) is 6.04 Å². The number of para-hydroxylation sites is 1. The zero-order chi connectivity index (χ0) is 22.4. The van der Waals surface area contributed by atoms with Gasteiger partial charge >= 0.3 is 5.97 Å². The summed E-state index contributed by atoms with van der Waals surface area (Å²) in [5.41, 5.74) is 7.59. The normalized spacial score (nSPS) is 11.7. The largest absolute Gasteiger partial charge is 0.459 e. The van der Waals surface area contributed by atoms with E-state index in [0.717, 1.165) is 11.3 Å². The van der Waals surface area contributed by atoms with Gasteiger partial charge in [-0.1, -0.05) is 32.0 Å². The molecule has 0 unspecified atom stereocenters. The van der Waals surface area contributed by atoms with Crippen LogP contribution in [0.5, 0.6) is 0 Å². The Balaban J connectivity index is 1.66. The number of carbonyl (C=O) groups excluding carboxylic acids is 2. The van der Waals surface area contributed by atoms with Crippen molar-refractivity contribution in [3.8, 4) is 0 Å². The van der Waals surface area contributed by atoms with Crippen LogP contribution in [-0.4, -0.2) is 32.9 Å². The van der Waals surface area contributed by atoms with E-state index in [4.69, 9.17) is 14.9 Å². The molecule has 10 nitrogen and oxygen atoms in total. The fourth-order valence-corrected chi connectivity index (χ4v) is 2.74. The Labute approximate surface area is 179 Å². The molecule has 3 rings (SSSR count). The van der Waals surface area contributed by atoms with Gasteiger partial charge in [-0.05, 0) is 36.6 Å². The van der Waals surface area contributed by atoms with E-state index in [2.05, 4.69) is 25.6 Å². The number of carbonyl (C=O) groups is 2. The molecule has 1 atom stereocenters. The van der Waals surface area contributed by atoms with Crippen LogP contribution in [-0.2, 0) is 16.1 Å². The van der Waals surface area contributed by atoms with Crippen molar-refractivity contribution in [2.24, 2.45) is 5.92 Å². The molecule has 0 aliphatic carbocycles. The molecule has 2 aromatic heterocycles. The van der Waals surface area contributed by atoms with Gasteiger partial charge in [0.05, 0.1) is 6.26 Å². The second kappa shape index (κ2) is 9.70. The standard InChI is InChI=1S/C21H24N6O4/c1-12(2)17(26-18(28)15-9-6-10-30-15)19(29)31-11-16-24-20(22)27-21(25-16)23-14-8-5-4-7-13(14)3/h4-10,12,17H,11H2,1-3H3,(H,26,28)(H3,22,23,24,25,27)/t17-/m1/s1. The van der Waals surface area contributed by atoms with Crippen molar-refractivity contribution in [1.29, 1.82) is 0 Å². The summed E-state index contributed by atoms with van der Waals surface area (Å²) in [7, 11) is 0. The number of aryl methyl sites for hydroxylation is 1. The molecule has 0 aliphatic rings. The predicted octanol–water partition coefficient (Wildman–Crippen LogP) is 2.60. The summed E-state index contributed by atoms with van der Waals surface area (Å²) in [6.45, 7) is 5.30. The summed E-state index contributed by atoms with van der Waals surface area (Å²) in [5.74, 6) is -0.833. The van der Waals surface area contributed by atoms with E-state index in [9.17, 15) is 9.59 Å². The number of nitrogen functional groups attached to an aromatic ring is 1. The van der Waals surface area contributed by atoms with E-state index in [1.54, 1.807) is 19.9 Å². The van der Waals surface area contributed by atoms with E-state index in [1.807, 2.05) is 31.2 Å². The molecule has 3 aromatic rings. The Morgan fingerprint density at radius 2 is 1.90 bits per heavy atom. The molecule has 4 N–H and O–H groups in total. The Kier molecular flexibility index (Phi) is 6.81. The number of amides is 1. The molecule has 0 saturated heterocycles. The maximum absolute atomic E-state index is 12.6. The molecule has 10 heteroatoms. The number of hydrogen-bond acceptors (Lipinski definition) is 9. The number of hydrogen-bond donors (Lipinski definition) is 3. The number of furan rings is 1. The van der Waals surface area contributed by atoms with Gasteiger partial charge in [-0.25, -0.2) is 4.79 Å². The fraction of sp³-hybridized carbons (Fsp3) is 0.286. The van der Waals surface area contributed by atoms with Crippen molar-refractivity contribution < 1.29 is 18.7 Å². The Bertz CT molecular complexity index is 1050. The molecule has 2 heterocycles. The number of nitrogens with two attached hydrogens (primary N) is 1. The van der Waals surface area contributed by atoms with Crippen molar-refractivity contribution in [3.05, 3.63) is 59.8 Å². The van der Waals surface area contributed by atoms with Crippen LogP contribution >= 0.6 is 0 Å². The molecule has 31 heavy (non-hydrogen) atoms. The quantitative estimate of drug-likeness (QED) is 0.464. The highest BCUT2D eigenvalue weighted by Gasteiger charge is 2.27. The van der Waals surface area contributed by atoms with Gasteiger partial charge in [0.2, 0.25) is 11.9 Å². The minimum atomic E-state index is -0.874. The topological polar surface area (TPSA) is 145 Å². The van der Waals surface area contributed by atoms with Crippen LogP contribution in [0.25, 0.3) is 0 Å². The summed E-state index contributed by atoms with van der Waals surface area (Å²) >= 11 is 0. The Hall–Kier alpha value is -3.95. The molecule has 0 aliphatic heterocycles. The maximum Gasteiger partial charge on any atom is 0.329 e. The Morgan fingerprint density at radius 3 is 2.58 bits per heavy atom. The molecule has 0 bridgehead atoms. The van der Waals surface area contributed by atoms with Crippen molar-refractivity contribution in [2.75, 3.05) is 11.1 Å². The first kappa shape index (κ1) is 21.8. The lowest BCUT2D eigenvalue weighted by Crippen LogP contribution is -2.45. The first-order chi connectivity index (χ1) is 14.8. The lowest BCUT2D eigenvalue weighted by atomic mass is 10.0. The van der Waals surface area contributed by atoms with Gasteiger partial charge in [-0.3, -0.25) is 4.79 Å². The van der Waals surface area contributed by atoms with Gasteiger partial charge in [-0.15, -0.1) is 0 Å². The van der Waals surface area contributed by atoms with E-state index in [0.29, 0.717) is 0 Å². The SMILES string of the molecule is Cc1ccccc1Nc1nc(N)nc(COC(=O)[C@H](NC(=O)c2ccco2)C(C)C)n1. The number of anilines is 3. The minimum Gasteiger partial charge on any atom is -0.459 e. The van der Waals surface area contributed by atoms with Gasteiger partial charge < -0.3 is 25.5 Å². The average molecular weight is 424 g/mol. The van der Waals surface area contributed by atoms with E-state index < -0.39 is 17.9 Å². The number of nitrogens with one attached hydrogen (secondary N) is 2. The molecule has 162 valence electrons. The number of aromatic nitrogens is 3. The molecule has 0 spiro atoms. The van der Waals surface area contributed by atoms with Crippen molar-refractivity contribution in [2.45, 2.75) is 33.4 Å². The van der Waals surface area contributed by atoms with E-state index >= 15 is 0 Å². The molecule has 0 radical (unpaired) electrons. The third-order valence-electron chi connectivity index (χ3n) is 4.39. The van der Waals surface area contributed by atoms with Gasteiger partial charge in [0.15, 0.2) is 18.2 Å². The third-order valence-corrected chi connectivity index (χ3v) is 4.39. The van der Waals surface area contributed by atoms with Gasteiger partial charge in [-0.2, -0.15) is 15.0 Å². The van der Waals surface area contributed by atoms with Crippen LogP contribution in [0.2, 0.25) is 0 Å². The van der Waals surface area contributed by atoms with Crippen LogP contribution in [0.15, 0.2) is 47.1 Å². The molecular weight excluding hydrogens is 400 g/mol. The zero-order valence-corrected chi connectivity index (χ0v) is 17.5. The van der Waals surface area contributed by atoms with Gasteiger partial charge in [0, 0.05) is 5.69 Å². The van der Waals surface area contributed by atoms with E-state index in [1.165, 1.54) is 12.3 Å². The number of esters is 1. The summed E-state index contributed by atoms with van der Waals surface area (Å²) in [6, 6.07) is 9.85. The maximum atomic E-state index is 12.6. The van der Waals surface area contributed by atoms with Crippen LogP contribution in [0.3, 0.4) is 0 Å². The number of benzene rings is 1. The average Bonchev–Trinajstić information content (AvgIpc) is 3.26. The lowest BCUT2D eigenvalue weighted by molar-refractivity contribution is -0.148. The van der Waals surface area contributed by atoms with Crippen molar-refractivity contribution in [3.63, 3.8) is 0 Å². The predicted molar refractivity (Wildman–Crippen MR) is 113 cm³/mol. The van der Waals surface area contributed by atoms with Crippen LogP contribution < -0.4 is 16.4 Å². The molecule has 1 aromatic carbocycles. The second-order valence-corrected chi connectivity index (χ2v) is 7.15. The highest BCUT2D eigenvalue weighted by molar-refractivity contribution is 5.94. The van der Waals surface area contributed by atoms with Crippen molar-refractivity contribution >= 4 is 29.5 Å². The number of nitrogens with zero attached hydrogens (tertiary/aromatic N) is 3. The van der Waals surface area contributed by atoms with Crippen LogP contribution in [0, 0.1) is 12.8 Å². The summed E-state index contributed by atoms with van der Waals surface area (Å²) in [5, 5.41) is 5.69. The van der Waals surface area contributed by atoms with Gasteiger partial charge in [0.25, 0.3) is 5.91 Å². The molecule has 1 amide bonds. The zero-order valence-electron chi connectivity index (χ0n) is 17.5. The number of rotatable bonds is 8. The Morgan fingerprint density at radius 1 is 1.13 bits per heavy atom. The minimum absolute atomic E-state index is 0.0105. The van der Waals surface area contributed by atoms with Crippen molar-refractivity contribution in [1.82, 2.24) is 20.3 Å². The van der Waals surface area contributed by atoms with Crippen LogP contribution in [0.4, 0.5) is 17.6 Å². The smallest absolute Gasteiger partial charge is 0.329 e. The summed E-state index contributed by atoms with van der Waals surface area (Å²) in [4.78, 5) is 37.1. The first-order valence-electron chi connectivity index (χ1n) is 9.67. The molecule has 0 fully saturated rings. The summed E-state index contributed by atoms with van der Waals surface area (Å²) < 4.78 is 10.4. The van der Waals surface area contributed by atoms with Crippen LogP contribution in [0.1, 0.15) is 35.8 Å². The van der Waals surface area contributed by atoms with E-state index in [-0.39, 0.29) is 36.0 Å². The summed E-state index contributed by atoms with van der Waals surface area (Å²) in [6.07, 6.45) is 1.38. The third kappa shape index (κ3) is 5.78. The molecular formula is C21H24N6O4. The monoisotopic (exact) mass is 424 g/mol. The highest BCUT2D eigenvalue weighted by atomic mass is 16.5. The first-order valence-corrected chi connectivity index (χ1v) is 9.67.